The summed E-state index contributed by atoms with van der Waals surface area (Å²) in [5.74, 6) is 0. The van der Waals surface area contributed by atoms with Gasteiger partial charge in [0.05, 0.1) is 0 Å². The second kappa shape index (κ2) is 5.17. The molecule has 1 aromatic rings. The lowest BCUT2D eigenvalue weighted by atomic mass is 9.92. The molecular weight excluding hydrogens is 308 g/mol. The molecule has 1 atom stereocenters. The third-order valence-electron chi connectivity index (χ3n) is 3.57. The molecule has 0 amide bonds. The van der Waals surface area contributed by atoms with Gasteiger partial charge in [-0.1, -0.05) is 26.1 Å². The fourth-order valence-corrected chi connectivity index (χ4v) is 3.50. The number of anilines is 1. The summed E-state index contributed by atoms with van der Waals surface area (Å²) in [4.78, 5) is 0.426. The molecule has 4 heteroatoms. The summed E-state index contributed by atoms with van der Waals surface area (Å²) < 4.78 is 0.956. The molecule has 1 aromatic carbocycles. The third kappa shape index (κ3) is 3.23. The molecule has 1 unspecified atom stereocenters. The van der Waals surface area contributed by atoms with Gasteiger partial charge in [-0.2, -0.15) is 0 Å². The molecule has 2 rings (SSSR count). The van der Waals surface area contributed by atoms with Crippen molar-refractivity contribution >= 4 is 38.8 Å². The van der Waals surface area contributed by atoms with Crippen molar-refractivity contribution in [1.29, 1.82) is 0 Å². The van der Waals surface area contributed by atoms with Crippen molar-refractivity contribution in [2.45, 2.75) is 39.2 Å². The molecule has 0 bridgehead atoms. The highest BCUT2D eigenvalue weighted by atomic mass is 79.9. The number of nitrogens with one attached hydrogen (secondary N) is 1. The Labute approximate surface area is 122 Å². The van der Waals surface area contributed by atoms with Gasteiger partial charge in [-0.25, -0.2) is 0 Å². The Balaban J connectivity index is 2.07. The molecule has 0 radical (unpaired) electrons. The first kappa shape index (κ1) is 13.8. The van der Waals surface area contributed by atoms with Gasteiger partial charge >= 0.3 is 0 Å². The highest BCUT2D eigenvalue weighted by Crippen LogP contribution is 2.38. The SMILES string of the molecule is CC1(C)CCC(Nc2ccc(C(N)=S)c(Br)c2)C1. The van der Waals surface area contributed by atoms with Crippen molar-refractivity contribution in [3.05, 3.63) is 28.2 Å². The van der Waals surface area contributed by atoms with E-state index in [0.717, 1.165) is 15.7 Å². The molecule has 1 fully saturated rings. The van der Waals surface area contributed by atoms with Gasteiger partial charge in [0.2, 0.25) is 0 Å². The van der Waals surface area contributed by atoms with Crippen molar-refractivity contribution in [1.82, 2.24) is 0 Å². The monoisotopic (exact) mass is 326 g/mol. The molecule has 1 aliphatic carbocycles. The molecular formula is C14H19BrN2S. The highest BCUT2D eigenvalue weighted by molar-refractivity contribution is 9.10. The average Bonchev–Trinajstić information content (AvgIpc) is 2.57. The molecule has 18 heavy (non-hydrogen) atoms. The van der Waals surface area contributed by atoms with E-state index >= 15 is 0 Å². The smallest absolute Gasteiger partial charge is 0.105 e. The van der Waals surface area contributed by atoms with Crippen LogP contribution in [0.1, 0.15) is 38.7 Å². The van der Waals surface area contributed by atoms with Gasteiger partial charge in [-0.15, -0.1) is 0 Å². The van der Waals surface area contributed by atoms with Gasteiger partial charge in [0, 0.05) is 21.8 Å². The zero-order valence-electron chi connectivity index (χ0n) is 10.8. The van der Waals surface area contributed by atoms with Crippen LogP contribution < -0.4 is 11.1 Å². The lowest BCUT2D eigenvalue weighted by Crippen LogP contribution is -2.18. The quantitative estimate of drug-likeness (QED) is 0.822. The summed E-state index contributed by atoms with van der Waals surface area (Å²) >= 11 is 8.51. The zero-order chi connectivity index (χ0) is 13.3. The first-order valence-corrected chi connectivity index (χ1v) is 7.43. The largest absolute Gasteiger partial charge is 0.389 e. The van der Waals surface area contributed by atoms with Gasteiger partial charge in [0.15, 0.2) is 0 Å². The van der Waals surface area contributed by atoms with Crippen molar-refractivity contribution in [2.75, 3.05) is 5.32 Å². The first-order chi connectivity index (χ1) is 8.37. The fraction of sp³-hybridized carbons (Fsp3) is 0.500. The molecule has 0 heterocycles. The Hall–Kier alpha value is -0.610. The second-order valence-corrected chi connectivity index (χ2v) is 7.10. The van der Waals surface area contributed by atoms with Crippen LogP contribution in [-0.4, -0.2) is 11.0 Å². The van der Waals surface area contributed by atoms with Crippen LogP contribution in [0.3, 0.4) is 0 Å². The third-order valence-corrected chi connectivity index (χ3v) is 4.45. The summed E-state index contributed by atoms with van der Waals surface area (Å²) in [5.41, 5.74) is 8.13. The number of rotatable bonds is 3. The minimum Gasteiger partial charge on any atom is -0.389 e. The van der Waals surface area contributed by atoms with Gasteiger partial charge in [0.25, 0.3) is 0 Å². The van der Waals surface area contributed by atoms with E-state index in [-0.39, 0.29) is 0 Å². The normalized spacial score (nSPS) is 21.8. The van der Waals surface area contributed by atoms with Crippen LogP contribution in [0, 0.1) is 5.41 Å². The van der Waals surface area contributed by atoms with Crippen molar-refractivity contribution < 1.29 is 0 Å². The van der Waals surface area contributed by atoms with E-state index in [1.807, 2.05) is 12.1 Å². The van der Waals surface area contributed by atoms with Gasteiger partial charge in [-0.3, -0.25) is 0 Å². The predicted octanol–water partition coefficient (Wildman–Crippen LogP) is 4.07. The van der Waals surface area contributed by atoms with Gasteiger partial charge < -0.3 is 11.1 Å². The summed E-state index contributed by atoms with van der Waals surface area (Å²) in [7, 11) is 0. The molecule has 0 aliphatic heterocycles. The van der Waals surface area contributed by atoms with E-state index in [9.17, 15) is 0 Å². The average molecular weight is 327 g/mol. The lowest BCUT2D eigenvalue weighted by molar-refractivity contribution is 0.378. The van der Waals surface area contributed by atoms with Gasteiger partial charge in [0.1, 0.15) is 4.99 Å². The molecule has 1 saturated carbocycles. The van der Waals surface area contributed by atoms with Crippen LogP contribution in [0.25, 0.3) is 0 Å². The van der Waals surface area contributed by atoms with Crippen molar-refractivity contribution in [3.63, 3.8) is 0 Å². The number of thiocarbonyl (C=S) groups is 1. The van der Waals surface area contributed by atoms with Crippen molar-refractivity contribution in [2.24, 2.45) is 11.1 Å². The van der Waals surface area contributed by atoms with Crippen LogP contribution in [0.2, 0.25) is 0 Å². The molecule has 1 aliphatic rings. The van der Waals surface area contributed by atoms with E-state index in [0.29, 0.717) is 16.4 Å². The minimum atomic E-state index is 0.426. The van der Waals surface area contributed by atoms with E-state index in [4.69, 9.17) is 18.0 Å². The number of halogens is 1. The minimum absolute atomic E-state index is 0.426. The van der Waals surface area contributed by atoms with E-state index in [2.05, 4.69) is 41.2 Å². The lowest BCUT2D eigenvalue weighted by Gasteiger charge is -2.19. The van der Waals surface area contributed by atoms with Gasteiger partial charge in [-0.05, 0) is 58.8 Å². The summed E-state index contributed by atoms with van der Waals surface area (Å²) in [6.45, 7) is 4.67. The Kier molecular flexibility index (Phi) is 3.97. The summed E-state index contributed by atoms with van der Waals surface area (Å²) in [6, 6.07) is 6.64. The zero-order valence-corrected chi connectivity index (χ0v) is 13.2. The van der Waals surface area contributed by atoms with Crippen LogP contribution in [0.4, 0.5) is 5.69 Å². The second-order valence-electron chi connectivity index (χ2n) is 5.81. The topological polar surface area (TPSA) is 38.0 Å². The maximum atomic E-state index is 5.64. The molecule has 2 nitrogen and oxygen atoms in total. The summed E-state index contributed by atoms with van der Waals surface area (Å²) in [5, 5.41) is 3.59. The van der Waals surface area contributed by atoms with Crippen LogP contribution in [0.5, 0.6) is 0 Å². The fourth-order valence-electron chi connectivity index (χ4n) is 2.60. The molecule has 0 aromatic heterocycles. The molecule has 3 N–H and O–H groups in total. The molecule has 0 saturated heterocycles. The Morgan fingerprint density at radius 3 is 2.72 bits per heavy atom. The Bertz CT molecular complexity index is 471. The predicted molar refractivity (Wildman–Crippen MR) is 85.1 cm³/mol. The van der Waals surface area contributed by atoms with Crippen LogP contribution in [0.15, 0.2) is 22.7 Å². The van der Waals surface area contributed by atoms with Crippen LogP contribution in [-0.2, 0) is 0 Å². The number of benzene rings is 1. The number of hydrogen-bond donors (Lipinski definition) is 2. The van der Waals surface area contributed by atoms with E-state index < -0.39 is 0 Å². The molecule has 98 valence electrons. The number of hydrogen-bond acceptors (Lipinski definition) is 2. The Morgan fingerprint density at radius 1 is 1.50 bits per heavy atom. The van der Waals surface area contributed by atoms with E-state index in [1.54, 1.807) is 0 Å². The van der Waals surface area contributed by atoms with E-state index in [1.165, 1.54) is 19.3 Å². The Morgan fingerprint density at radius 2 is 2.22 bits per heavy atom. The van der Waals surface area contributed by atoms with Crippen molar-refractivity contribution in [3.8, 4) is 0 Å². The number of nitrogens with two attached hydrogens (primary N) is 1. The maximum absolute atomic E-state index is 5.64. The maximum Gasteiger partial charge on any atom is 0.105 e. The molecule has 0 spiro atoms. The summed E-state index contributed by atoms with van der Waals surface area (Å²) in [6.07, 6.45) is 3.75. The standard InChI is InChI=1S/C14H19BrN2S/c1-14(2)6-5-10(8-14)17-9-3-4-11(13(16)18)12(15)7-9/h3-4,7,10,17H,5-6,8H2,1-2H3,(H2,16,18). The highest BCUT2D eigenvalue weighted by Gasteiger charge is 2.30. The first-order valence-electron chi connectivity index (χ1n) is 6.23. The van der Waals surface area contributed by atoms with Crippen LogP contribution >= 0.6 is 28.1 Å².